The molecular formula is C34H44O22. The van der Waals surface area contributed by atoms with Gasteiger partial charge in [0.05, 0.1) is 63.9 Å². The van der Waals surface area contributed by atoms with E-state index >= 15 is 0 Å². The largest absolute Gasteiger partial charge is 0.468 e. The second-order valence-corrected chi connectivity index (χ2v) is 13.0. The smallest absolute Gasteiger partial charge is 0.337 e. The number of methoxy groups -OCH3 is 2. The summed E-state index contributed by atoms with van der Waals surface area (Å²) in [6.45, 7) is -2.69. The zero-order valence-corrected chi connectivity index (χ0v) is 29.9. The summed E-state index contributed by atoms with van der Waals surface area (Å²) in [5, 5.41) is 81.4. The van der Waals surface area contributed by atoms with E-state index in [4.69, 9.17) is 47.4 Å². The lowest BCUT2D eigenvalue weighted by molar-refractivity contribution is -0.328. The fraction of sp³-hybridized carbons (Fsp3) is 0.647. The van der Waals surface area contributed by atoms with Gasteiger partial charge in [-0.3, -0.25) is 9.59 Å². The van der Waals surface area contributed by atoms with Crippen molar-refractivity contribution >= 4 is 23.9 Å². The number of esters is 4. The van der Waals surface area contributed by atoms with Crippen LogP contribution in [-0.4, -0.2) is 179 Å². The molecule has 22 nitrogen and oxygen atoms in total. The van der Waals surface area contributed by atoms with Gasteiger partial charge in [0.15, 0.2) is 12.6 Å². The number of fused-ring (bicyclic) bond motifs is 2. The van der Waals surface area contributed by atoms with E-state index in [1.165, 1.54) is 12.2 Å². The third-order valence-corrected chi connectivity index (χ3v) is 9.66. The monoisotopic (exact) mass is 804 g/mol. The Labute approximate surface area is 317 Å². The van der Waals surface area contributed by atoms with Gasteiger partial charge < -0.3 is 88.2 Å². The molecule has 5 aliphatic heterocycles. The topological polar surface area (TPSA) is 322 Å². The highest BCUT2D eigenvalue weighted by molar-refractivity contribution is 5.91. The number of cyclic esters (lactones) is 2. The molecule has 0 spiro atoms. The number of hydrogen-bond acceptors (Lipinski definition) is 22. The Morgan fingerprint density at radius 1 is 0.625 bits per heavy atom. The second kappa shape index (κ2) is 18.9. The molecule has 2 fully saturated rings. The molecule has 5 rings (SSSR count). The van der Waals surface area contributed by atoms with Crippen LogP contribution in [0.15, 0.2) is 47.0 Å². The molecule has 0 unspecified atom stereocenters. The number of ether oxygens (including phenoxy) is 10. The highest BCUT2D eigenvalue weighted by atomic mass is 16.8. The zero-order chi connectivity index (χ0) is 40.8. The minimum absolute atomic E-state index is 0.0305. The molecule has 5 aliphatic rings. The Morgan fingerprint density at radius 2 is 1.00 bits per heavy atom. The quantitative estimate of drug-likeness (QED) is 0.0650. The van der Waals surface area contributed by atoms with E-state index in [1.54, 1.807) is 0 Å². The van der Waals surface area contributed by atoms with Crippen molar-refractivity contribution in [3.8, 4) is 0 Å². The van der Waals surface area contributed by atoms with Crippen molar-refractivity contribution in [2.75, 3.05) is 40.6 Å². The van der Waals surface area contributed by atoms with Crippen molar-refractivity contribution in [1.29, 1.82) is 0 Å². The molecule has 5 heterocycles. The third kappa shape index (κ3) is 9.22. The van der Waals surface area contributed by atoms with Crippen molar-refractivity contribution in [1.82, 2.24) is 0 Å². The lowest BCUT2D eigenvalue weighted by Gasteiger charge is -2.42. The summed E-state index contributed by atoms with van der Waals surface area (Å²) in [4.78, 5) is 52.6. The van der Waals surface area contributed by atoms with Crippen LogP contribution < -0.4 is 0 Å². The summed E-state index contributed by atoms with van der Waals surface area (Å²) in [5.41, 5.74) is -0.473. The molecular weight excluding hydrogens is 760 g/mol. The lowest BCUT2D eigenvalue weighted by Crippen LogP contribution is -2.60. The molecule has 22 heteroatoms. The first-order chi connectivity index (χ1) is 26.7. The Bertz CT molecular complexity index is 1450. The Hall–Kier alpha value is -4.04. The maximum atomic E-state index is 13.4. The third-order valence-electron chi connectivity index (χ3n) is 9.66. The first-order valence-electron chi connectivity index (χ1n) is 17.2. The van der Waals surface area contributed by atoms with E-state index in [0.29, 0.717) is 0 Å². The molecule has 56 heavy (non-hydrogen) atoms. The van der Waals surface area contributed by atoms with Crippen LogP contribution in [0.3, 0.4) is 0 Å². The number of hydrogen-bond donors (Lipinski definition) is 8. The predicted octanol–water partition coefficient (Wildman–Crippen LogP) is -4.59. The summed E-state index contributed by atoms with van der Waals surface area (Å²) in [7, 11) is 2.14. The van der Waals surface area contributed by atoms with E-state index in [0.717, 1.165) is 26.7 Å². The van der Waals surface area contributed by atoms with E-state index in [-0.39, 0.29) is 22.3 Å². The summed E-state index contributed by atoms with van der Waals surface area (Å²) in [6.07, 6.45) is -17.0. The van der Waals surface area contributed by atoms with Crippen molar-refractivity contribution in [2.24, 2.45) is 11.8 Å². The normalized spacial score (nSPS) is 40.0. The van der Waals surface area contributed by atoms with Crippen LogP contribution in [0.4, 0.5) is 0 Å². The number of carbonyl (C=O) groups excluding carboxylic acids is 4. The molecule has 0 bridgehead atoms. The maximum absolute atomic E-state index is 13.4. The van der Waals surface area contributed by atoms with Crippen LogP contribution in [0.5, 0.6) is 0 Å². The average molecular weight is 805 g/mol. The molecule has 0 aromatic heterocycles. The van der Waals surface area contributed by atoms with Gasteiger partial charge in [-0.1, -0.05) is 0 Å². The Balaban J connectivity index is 1.46. The Kier molecular flexibility index (Phi) is 14.6. The molecule has 8 N–H and O–H groups in total. The van der Waals surface area contributed by atoms with Crippen LogP contribution >= 0.6 is 0 Å². The summed E-state index contributed by atoms with van der Waals surface area (Å²) >= 11 is 0. The van der Waals surface area contributed by atoms with Crippen molar-refractivity contribution in [2.45, 2.75) is 86.8 Å². The molecule has 0 aromatic carbocycles. The van der Waals surface area contributed by atoms with Gasteiger partial charge in [-0.2, -0.15) is 0 Å². The van der Waals surface area contributed by atoms with Gasteiger partial charge in [0, 0.05) is 23.0 Å². The summed E-state index contributed by atoms with van der Waals surface area (Å²) < 4.78 is 54.3. The van der Waals surface area contributed by atoms with Gasteiger partial charge in [-0.05, 0) is 12.2 Å². The maximum Gasteiger partial charge on any atom is 0.337 e. The Morgan fingerprint density at radius 3 is 1.34 bits per heavy atom. The number of aliphatic hydroxyl groups excluding tert-OH is 8. The highest BCUT2D eigenvalue weighted by Crippen LogP contribution is 2.39. The van der Waals surface area contributed by atoms with E-state index < -0.39 is 149 Å². The highest BCUT2D eigenvalue weighted by Gasteiger charge is 2.49. The van der Waals surface area contributed by atoms with Crippen molar-refractivity contribution < 1.29 is 107 Å². The first-order valence-corrected chi connectivity index (χ1v) is 17.2. The van der Waals surface area contributed by atoms with Gasteiger partial charge in [0.1, 0.15) is 62.0 Å². The summed E-state index contributed by atoms with van der Waals surface area (Å²) in [6, 6.07) is 0. The van der Waals surface area contributed by atoms with Gasteiger partial charge in [-0.25, -0.2) is 9.59 Å². The van der Waals surface area contributed by atoms with Crippen LogP contribution in [0.2, 0.25) is 0 Å². The van der Waals surface area contributed by atoms with Crippen molar-refractivity contribution in [3.05, 3.63) is 47.0 Å². The van der Waals surface area contributed by atoms with E-state index in [2.05, 4.69) is 0 Å². The zero-order valence-electron chi connectivity index (χ0n) is 29.9. The molecule has 312 valence electrons. The van der Waals surface area contributed by atoms with E-state index in [1.807, 2.05) is 0 Å². The lowest BCUT2D eigenvalue weighted by atomic mass is 9.85. The second-order valence-electron chi connectivity index (χ2n) is 13.0. The van der Waals surface area contributed by atoms with Gasteiger partial charge in [-0.15, -0.1) is 0 Å². The number of rotatable bonds is 8. The molecule has 0 saturated carbocycles. The van der Waals surface area contributed by atoms with Crippen molar-refractivity contribution in [3.63, 3.8) is 0 Å². The minimum atomic E-state index is -1.87. The summed E-state index contributed by atoms with van der Waals surface area (Å²) in [5.74, 6) is -6.21. The molecule has 14 atom stereocenters. The van der Waals surface area contributed by atoms with Gasteiger partial charge >= 0.3 is 23.9 Å². The molecule has 0 radical (unpaired) electrons. The number of carbonyl (C=O) groups is 4. The standard InChI is InChI=1S/C34H44O22/c1-47-29(45)17-11-51-31(55-33-27(43)25(41)23(39)19(9-35)53-33)13-3-5-50-22(38)8-16-14(4-6-49-21(37)7-15(13)17)32(52-12-18(16)30(46)48-2)56-34-28(44)26(42)24(40)20(10-36)54-34/h3-4,11-12,15-16,19-20,23-28,31-36,39-44H,5-10H2,1-2H3/b13-3+,14-4+/t15-,16-,19+,20+,23+,24+,25-,26-,27+,28+,31+,32+,33-,34-/m0/s1. The molecule has 0 aromatic rings. The average Bonchev–Trinajstić information content (AvgIpc) is 3.19. The van der Waals surface area contributed by atoms with Crippen LogP contribution in [0, 0.1) is 11.8 Å². The fourth-order valence-corrected chi connectivity index (χ4v) is 6.57. The van der Waals surface area contributed by atoms with Gasteiger partial charge in [0.25, 0.3) is 0 Å². The molecule has 2 saturated heterocycles. The van der Waals surface area contributed by atoms with Crippen LogP contribution in [0.1, 0.15) is 12.8 Å². The fourth-order valence-electron chi connectivity index (χ4n) is 6.57. The molecule has 0 amide bonds. The first kappa shape index (κ1) is 43.1. The van der Waals surface area contributed by atoms with Crippen LogP contribution in [0.25, 0.3) is 0 Å². The van der Waals surface area contributed by atoms with E-state index in [9.17, 15) is 60.0 Å². The predicted molar refractivity (Wildman–Crippen MR) is 174 cm³/mol. The number of aliphatic hydroxyl groups is 8. The van der Waals surface area contributed by atoms with Crippen LogP contribution in [-0.2, 0) is 66.5 Å². The minimum Gasteiger partial charge on any atom is -0.468 e. The SMILES string of the molecule is COC(=O)C1=CO[C@H](O[C@@H]2O[C@H](CO)[C@@H](O)[C@H](O)[C@H]2O)/C2=C/COC(=O)C[C@@H]3C(C(=O)OC)=CO[C@H](O[C@@H]4O[C@H](CO)[C@@H](O)[C@H](O)[C@H]4O)/C3=C/COC(=O)C[C@H]12. The van der Waals surface area contributed by atoms with Gasteiger partial charge in [0.2, 0.25) is 12.6 Å². The molecule has 0 aliphatic carbocycles.